The smallest absolute Gasteiger partial charge is 0.242 e. The number of likely N-dealkylation sites (N-methyl/N-ethyl adjacent to an activating group) is 1. The molecule has 1 aliphatic rings. The third-order valence-corrected chi connectivity index (χ3v) is 5.13. The Morgan fingerprint density at radius 2 is 2.10 bits per heavy atom. The van der Waals surface area contributed by atoms with Gasteiger partial charge in [0.1, 0.15) is 0 Å². The average molecular weight is 298 g/mol. The fraction of sp³-hybridized carbons (Fsp3) is 0.571. The summed E-state index contributed by atoms with van der Waals surface area (Å²) in [5, 5.41) is 13.0. The second-order valence-electron chi connectivity index (χ2n) is 5.92. The van der Waals surface area contributed by atoms with Crippen LogP contribution >= 0.6 is 0 Å². The summed E-state index contributed by atoms with van der Waals surface area (Å²) >= 11 is 0. The Labute approximate surface area is 120 Å². The van der Waals surface area contributed by atoms with Gasteiger partial charge in [-0.2, -0.15) is 4.31 Å². The van der Waals surface area contributed by atoms with E-state index in [1.807, 2.05) is 6.07 Å². The van der Waals surface area contributed by atoms with Crippen LogP contribution in [0.25, 0.3) is 0 Å². The molecule has 6 heteroatoms. The number of fused-ring (bicyclic) bond motifs is 1. The monoisotopic (exact) mass is 298 g/mol. The van der Waals surface area contributed by atoms with Crippen molar-refractivity contribution >= 4 is 15.7 Å². The number of aliphatic hydroxyl groups is 1. The highest BCUT2D eigenvalue weighted by Crippen LogP contribution is 2.26. The van der Waals surface area contributed by atoms with E-state index < -0.39 is 15.6 Å². The first kappa shape index (κ1) is 15.3. The lowest BCUT2D eigenvalue weighted by Gasteiger charge is -2.26. The number of sulfonamides is 1. The minimum absolute atomic E-state index is 0.0602. The first-order chi connectivity index (χ1) is 9.20. The molecule has 0 amide bonds. The summed E-state index contributed by atoms with van der Waals surface area (Å²) in [6.45, 7) is 4.17. The minimum atomic E-state index is -3.56. The maximum atomic E-state index is 12.5. The van der Waals surface area contributed by atoms with Crippen LogP contribution in [0.15, 0.2) is 23.1 Å². The van der Waals surface area contributed by atoms with Crippen molar-refractivity contribution < 1.29 is 13.5 Å². The van der Waals surface area contributed by atoms with E-state index in [1.54, 1.807) is 26.0 Å². The number of rotatable bonds is 4. The van der Waals surface area contributed by atoms with Gasteiger partial charge in [0.2, 0.25) is 10.0 Å². The molecule has 2 N–H and O–H groups in total. The second kappa shape index (κ2) is 5.35. The van der Waals surface area contributed by atoms with Gasteiger partial charge in [0.25, 0.3) is 0 Å². The number of anilines is 1. The quantitative estimate of drug-likeness (QED) is 0.882. The molecular formula is C14H22N2O3S. The van der Waals surface area contributed by atoms with Gasteiger partial charge in [0.15, 0.2) is 0 Å². The fourth-order valence-corrected chi connectivity index (χ4v) is 3.80. The van der Waals surface area contributed by atoms with Gasteiger partial charge >= 0.3 is 0 Å². The summed E-state index contributed by atoms with van der Waals surface area (Å²) in [5.41, 5.74) is 0.992. The van der Waals surface area contributed by atoms with Crippen LogP contribution in [0, 0.1) is 0 Å². The molecule has 0 fully saturated rings. The molecule has 0 aliphatic carbocycles. The van der Waals surface area contributed by atoms with Gasteiger partial charge < -0.3 is 10.4 Å². The fourth-order valence-electron chi connectivity index (χ4n) is 2.42. The van der Waals surface area contributed by atoms with Crippen molar-refractivity contribution in [3.63, 3.8) is 0 Å². The van der Waals surface area contributed by atoms with Gasteiger partial charge in [-0.15, -0.1) is 0 Å². The molecule has 0 saturated heterocycles. The van der Waals surface area contributed by atoms with Crippen molar-refractivity contribution in [3.05, 3.63) is 23.8 Å². The molecule has 20 heavy (non-hydrogen) atoms. The SMILES string of the molecule is CN(CC(C)(C)O)S(=O)(=O)c1ccc2c(c1)CCCN2. The predicted molar refractivity (Wildman–Crippen MR) is 79.4 cm³/mol. The van der Waals surface area contributed by atoms with Crippen LogP contribution in [-0.4, -0.2) is 43.6 Å². The Balaban J connectivity index is 2.30. The molecule has 112 valence electrons. The molecule has 0 bridgehead atoms. The minimum Gasteiger partial charge on any atom is -0.389 e. The first-order valence-corrected chi connectivity index (χ1v) is 8.20. The number of hydrogen-bond donors (Lipinski definition) is 2. The van der Waals surface area contributed by atoms with Crippen molar-refractivity contribution in [1.82, 2.24) is 4.31 Å². The number of nitrogens with one attached hydrogen (secondary N) is 1. The number of aryl methyl sites for hydroxylation is 1. The average Bonchev–Trinajstić information content (AvgIpc) is 2.36. The van der Waals surface area contributed by atoms with Crippen molar-refractivity contribution in [2.45, 2.75) is 37.2 Å². The highest BCUT2D eigenvalue weighted by Gasteiger charge is 2.27. The van der Waals surface area contributed by atoms with Crippen molar-refractivity contribution in [3.8, 4) is 0 Å². The molecule has 2 rings (SSSR count). The zero-order valence-corrected chi connectivity index (χ0v) is 13.0. The lowest BCUT2D eigenvalue weighted by atomic mass is 10.0. The number of hydrogen-bond acceptors (Lipinski definition) is 4. The molecule has 5 nitrogen and oxygen atoms in total. The number of nitrogens with zero attached hydrogens (tertiary/aromatic N) is 1. The third kappa shape index (κ3) is 3.31. The Bertz CT molecular complexity index is 591. The highest BCUT2D eigenvalue weighted by atomic mass is 32.2. The van der Waals surface area contributed by atoms with Gasteiger partial charge in [-0.3, -0.25) is 0 Å². The first-order valence-electron chi connectivity index (χ1n) is 6.76. The van der Waals surface area contributed by atoms with E-state index in [0.29, 0.717) is 0 Å². The largest absolute Gasteiger partial charge is 0.389 e. The summed E-state index contributed by atoms with van der Waals surface area (Å²) in [5.74, 6) is 0. The van der Waals surface area contributed by atoms with E-state index in [-0.39, 0.29) is 11.4 Å². The maximum Gasteiger partial charge on any atom is 0.242 e. The standard InChI is InChI=1S/C14H22N2O3S/c1-14(2,17)10-16(3)20(18,19)12-6-7-13-11(9-12)5-4-8-15-13/h6-7,9,15,17H,4-5,8,10H2,1-3H3. The molecule has 0 aromatic heterocycles. The molecule has 1 aromatic rings. The molecule has 1 heterocycles. The van der Waals surface area contributed by atoms with E-state index in [9.17, 15) is 13.5 Å². The van der Waals surface area contributed by atoms with Crippen LogP contribution < -0.4 is 5.32 Å². The van der Waals surface area contributed by atoms with Crippen molar-refractivity contribution in [1.29, 1.82) is 0 Å². The third-order valence-electron chi connectivity index (χ3n) is 3.33. The molecular weight excluding hydrogens is 276 g/mol. The van der Waals surface area contributed by atoms with Crippen LogP contribution in [0.4, 0.5) is 5.69 Å². The normalized spacial score (nSPS) is 15.8. The Kier molecular flexibility index (Phi) is 4.09. The molecule has 0 atom stereocenters. The lowest BCUT2D eigenvalue weighted by Crippen LogP contribution is -2.39. The van der Waals surface area contributed by atoms with Gasteiger partial charge in [-0.05, 0) is 50.5 Å². The second-order valence-corrected chi connectivity index (χ2v) is 7.97. The van der Waals surface area contributed by atoms with Crippen LogP contribution in [0.5, 0.6) is 0 Å². The van der Waals surface area contributed by atoms with Gasteiger partial charge in [0, 0.05) is 25.8 Å². The van der Waals surface area contributed by atoms with Gasteiger partial charge in [0.05, 0.1) is 10.5 Å². The van der Waals surface area contributed by atoms with E-state index in [2.05, 4.69) is 5.32 Å². The number of benzene rings is 1. The summed E-state index contributed by atoms with van der Waals surface area (Å²) in [6, 6.07) is 5.17. The zero-order chi connectivity index (χ0) is 15.0. The maximum absolute atomic E-state index is 12.5. The Morgan fingerprint density at radius 1 is 1.40 bits per heavy atom. The van der Waals surface area contributed by atoms with E-state index >= 15 is 0 Å². The Morgan fingerprint density at radius 3 is 2.75 bits per heavy atom. The molecule has 0 spiro atoms. The van der Waals surface area contributed by atoms with E-state index in [0.717, 1.165) is 30.6 Å². The molecule has 0 saturated carbocycles. The van der Waals surface area contributed by atoms with Crippen molar-refractivity contribution in [2.24, 2.45) is 0 Å². The lowest BCUT2D eigenvalue weighted by molar-refractivity contribution is 0.0640. The summed E-state index contributed by atoms with van der Waals surface area (Å²) in [7, 11) is -2.07. The molecule has 1 aliphatic heterocycles. The molecule has 0 unspecified atom stereocenters. The van der Waals surface area contributed by atoms with Crippen LogP contribution in [0.1, 0.15) is 25.8 Å². The van der Waals surface area contributed by atoms with Crippen LogP contribution in [0.3, 0.4) is 0 Å². The Hall–Kier alpha value is -1.11. The van der Waals surface area contributed by atoms with E-state index in [1.165, 1.54) is 11.4 Å². The van der Waals surface area contributed by atoms with Crippen molar-refractivity contribution in [2.75, 3.05) is 25.5 Å². The van der Waals surface area contributed by atoms with Gasteiger partial charge in [-0.1, -0.05) is 0 Å². The summed E-state index contributed by atoms with van der Waals surface area (Å²) in [6.07, 6.45) is 1.90. The summed E-state index contributed by atoms with van der Waals surface area (Å²) in [4.78, 5) is 0.284. The molecule has 0 radical (unpaired) electrons. The topological polar surface area (TPSA) is 69.6 Å². The van der Waals surface area contributed by atoms with Gasteiger partial charge in [-0.25, -0.2) is 8.42 Å². The highest BCUT2D eigenvalue weighted by molar-refractivity contribution is 7.89. The molecule has 1 aromatic carbocycles. The zero-order valence-electron chi connectivity index (χ0n) is 12.2. The van der Waals surface area contributed by atoms with Crippen LogP contribution in [0.2, 0.25) is 0 Å². The summed E-state index contributed by atoms with van der Waals surface area (Å²) < 4.78 is 26.2. The predicted octanol–water partition coefficient (Wildman–Crippen LogP) is 1.44. The van der Waals surface area contributed by atoms with E-state index in [4.69, 9.17) is 0 Å². The van der Waals surface area contributed by atoms with Crippen LogP contribution in [-0.2, 0) is 16.4 Å².